The minimum Gasteiger partial charge on any atom is -0.508 e. The number of carbonyl (C=O) groups is 1. The van der Waals surface area contributed by atoms with Gasteiger partial charge in [-0.3, -0.25) is 4.79 Å². The molecule has 0 amide bonds. The maximum absolute atomic E-state index is 11.5. The number of rotatable bonds is 6. The van der Waals surface area contributed by atoms with Crippen molar-refractivity contribution in [2.45, 2.75) is 46.5 Å². The Morgan fingerprint density at radius 2 is 2.12 bits per heavy atom. The van der Waals surface area contributed by atoms with Crippen molar-refractivity contribution in [2.75, 3.05) is 0 Å². The predicted octanol–water partition coefficient (Wildman–Crippen LogP) is 3.64. The minimum absolute atomic E-state index is 0.293. The average Bonchev–Trinajstić information content (AvgIpc) is 2.23. The topological polar surface area (TPSA) is 37.3 Å². The zero-order valence-electron chi connectivity index (χ0n) is 11.0. The van der Waals surface area contributed by atoms with E-state index in [-0.39, 0.29) is 0 Å². The Labute approximate surface area is 104 Å². The molecule has 1 atom stereocenters. The van der Waals surface area contributed by atoms with Gasteiger partial charge in [-0.25, -0.2) is 0 Å². The molecule has 2 heteroatoms. The lowest BCUT2D eigenvalue weighted by atomic mass is 9.93. The van der Waals surface area contributed by atoms with Gasteiger partial charge in [0, 0.05) is 12.8 Å². The van der Waals surface area contributed by atoms with Gasteiger partial charge in [0.05, 0.1) is 0 Å². The largest absolute Gasteiger partial charge is 0.508 e. The van der Waals surface area contributed by atoms with Crippen LogP contribution >= 0.6 is 0 Å². The molecule has 0 spiro atoms. The van der Waals surface area contributed by atoms with Crippen LogP contribution in [0.5, 0.6) is 5.75 Å². The number of hydrogen-bond donors (Lipinski definition) is 1. The van der Waals surface area contributed by atoms with Gasteiger partial charge in [0.1, 0.15) is 11.5 Å². The monoisotopic (exact) mass is 234 g/mol. The molecule has 1 N–H and O–H groups in total. The van der Waals surface area contributed by atoms with Crippen molar-refractivity contribution in [3.05, 3.63) is 29.3 Å². The fourth-order valence-electron chi connectivity index (χ4n) is 2.09. The van der Waals surface area contributed by atoms with Crippen LogP contribution in [0.3, 0.4) is 0 Å². The van der Waals surface area contributed by atoms with E-state index in [1.54, 1.807) is 6.07 Å². The first kappa shape index (κ1) is 13.8. The normalized spacial score (nSPS) is 12.4. The molecule has 17 heavy (non-hydrogen) atoms. The van der Waals surface area contributed by atoms with Gasteiger partial charge in [-0.15, -0.1) is 0 Å². The van der Waals surface area contributed by atoms with Crippen molar-refractivity contribution in [1.29, 1.82) is 0 Å². The van der Waals surface area contributed by atoms with E-state index in [9.17, 15) is 9.90 Å². The molecule has 0 aliphatic carbocycles. The summed E-state index contributed by atoms with van der Waals surface area (Å²) >= 11 is 0. The lowest BCUT2D eigenvalue weighted by Crippen LogP contribution is -2.08. The summed E-state index contributed by atoms with van der Waals surface area (Å²) in [4.78, 5) is 11.5. The summed E-state index contributed by atoms with van der Waals surface area (Å²) in [7, 11) is 0. The van der Waals surface area contributed by atoms with E-state index in [1.165, 1.54) is 0 Å². The molecule has 0 saturated heterocycles. The van der Waals surface area contributed by atoms with E-state index in [4.69, 9.17) is 0 Å². The first-order valence-corrected chi connectivity index (χ1v) is 6.33. The van der Waals surface area contributed by atoms with Crippen LogP contribution < -0.4 is 0 Å². The second-order valence-corrected chi connectivity index (χ2v) is 4.93. The molecular weight excluding hydrogens is 212 g/mol. The maximum Gasteiger partial charge on any atom is 0.133 e. The second-order valence-electron chi connectivity index (χ2n) is 4.93. The van der Waals surface area contributed by atoms with Crippen LogP contribution in [-0.2, 0) is 11.2 Å². The summed E-state index contributed by atoms with van der Waals surface area (Å²) in [6.07, 6.45) is 2.97. The van der Waals surface area contributed by atoms with E-state index in [0.29, 0.717) is 30.3 Å². The number of hydrogen-bond acceptors (Lipinski definition) is 2. The van der Waals surface area contributed by atoms with Crippen molar-refractivity contribution in [3.8, 4) is 5.75 Å². The van der Waals surface area contributed by atoms with Crippen molar-refractivity contribution < 1.29 is 9.90 Å². The number of benzene rings is 1. The zero-order chi connectivity index (χ0) is 12.8. The molecule has 94 valence electrons. The predicted molar refractivity (Wildman–Crippen MR) is 70.2 cm³/mol. The molecule has 0 radical (unpaired) electrons. The highest BCUT2D eigenvalue weighted by atomic mass is 16.3. The van der Waals surface area contributed by atoms with Crippen LogP contribution in [0, 0.1) is 12.8 Å². The number of Topliss-reactive ketones (excluding diaryl/α,β-unsaturated/α-hetero) is 1. The SMILES string of the molecule is CCCC(=O)CC(C)Cc1cc(C)ccc1O. The summed E-state index contributed by atoms with van der Waals surface area (Å²) in [5.41, 5.74) is 2.09. The van der Waals surface area contributed by atoms with Gasteiger partial charge in [-0.05, 0) is 37.3 Å². The van der Waals surface area contributed by atoms with Gasteiger partial charge >= 0.3 is 0 Å². The Kier molecular flexibility index (Phi) is 5.20. The van der Waals surface area contributed by atoms with E-state index in [0.717, 1.165) is 24.0 Å². The zero-order valence-corrected chi connectivity index (χ0v) is 11.0. The third kappa shape index (κ3) is 4.59. The first-order valence-electron chi connectivity index (χ1n) is 6.33. The Bertz CT molecular complexity index is 383. The van der Waals surface area contributed by atoms with Crippen molar-refractivity contribution in [2.24, 2.45) is 5.92 Å². The molecule has 0 aliphatic heterocycles. The molecule has 0 heterocycles. The highest BCUT2D eigenvalue weighted by molar-refractivity contribution is 5.78. The Morgan fingerprint density at radius 3 is 2.76 bits per heavy atom. The van der Waals surface area contributed by atoms with Crippen molar-refractivity contribution >= 4 is 5.78 Å². The summed E-state index contributed by atoms with van der Waals surface area (Å²) < 4.78 is 0. The Hall–Kier alpha value is -1.31. The number of aromatic hydroxyl groups is 1. The molecule has 1 rings (SSSR count). The van der Waals surface area contributed by atoms with Crippen molar-refractivity contribution in [1.82, 2.24) is 0 Å². The quantitative estimate of drug-likeness (QED) is 0.816. The fourth-order valence-corrected chi connectivity index (χ4v) is 2.09. The minimum atomic E-state index is 0.293. The van der Waals surface area contributed by atoms with Crippen LogP contribution in [0.2, 0.25) is 0 Å². The summed E-state index contributed by atoms with van der Waals surface area (Å²) in [5, 5.41) is 9.74. The molecular formula is C15H22O2. The summed E-state index contributed by atoms with van der Waals surface area (Å²) in [6.45, 7) is 6.10. The molecule has 0 aromatic heterocycles. The molecule has 2 nitrogen and oxygen atoms in total. The van der Waals surface area contributed by atoms with Crippen LogP contribution in [0.15, 0.2) is 18.2 Å². The average molecular weight is 234 g/mol. The molecule has 0 saturated carbocycles. The fraction of sp³-hybridized carbons (Fsp3) is 0.533. The van der Waals surface area contributed by atoms with Gasteiger partial charge in [0.25, 0.3) is 0 Å². The van der Waals surface area contributed by atoms with E-state index in [2.05, 4.69) is 6.92 Å². The highest BCUT2D eigenvalue weighted by Gasteiger charge is 2.11. The van der Waals surface area contributed by atoms with E-state index >= 15 is 0 Å². The van der Waals surface area contributed by atoms with E-state index in [1.807, 2.05) is 26.0 Å². The van der Waals surface area contributed by atoms with E-state index < -0.39 is 0 Å². The number of aryl methyl sites for hydroxylation is 1. The van der Waals surface area contributed by atoms with Gasteiger partial charge in [-0.1, -0.05) is 31.5 Å². The van der Waals surface area contributed by atoms with Gasteiger partial charge in [0.2, 0.25) is 0 Å². The smallest absolute Gasteiger partial charge is 0.133 e. The lowest BCUT2D eigenvalue weighted by Gasteiger charge is -2.12. The van der Waals surface area contributed by atoms with Gasteiger partial charge in [0.15, 0.2) is 0 Å². The molecule has 0 aliphatic rings. The number of phenolic OH excluding ortho intramolecular Hbond substituents is 1. The number of phenols is 1. The Morgan fingerprint density at radius 1 is 1.41 bits per heavy atom. The Balaban J connectivity index is 2.58. The molecule has 1 aromatic carbocycles. The standard InChI is InChI=1S/C15H22O2/c1-4-5-14(16)10-12(3)9-13-8-11(2)6-7-15(13)17/h6-8,12,17H,4-5,9-10H2,1-3H3. The molecule has 1 unspecified atom stereocenters. The summed E-state index contributed by atoms with van der Waals surface area (Å²) in [5.74, 6) is 0.958. The van der Waals surface area contributed by atoms with Gasteiger partial charge < -0.3 is 5.11 Å². The maximum atomic E-state index is 11.5. The third-order valence-electron chi connectivity index (χ3n) is 2.91. The van der Waals surface area contributed by atoms with Gasteiger partial charge in [-0.2, -0.15) is 0 Å². The van der Waals surface area contributed by atoms with Crippen molar-refractivity contribution in [3.63, 3.8) is 0 Å². The van der Waals surface area contributed by atoms with Crippen LogP contribution in [0.25, 0.3) is 0 Å². The first-order chi connectivity index (χ1) is 8.02. The summed E-state index contributed by atoms with van der Waals surface area (Å²) in [6, 6.07) is 5.62. The lowest BCUT2D eigenvalue weighted by molar-refractivity contribution is -0.119. The number of ketones is 1. The molecule has 0 fully saturated rings. The molecule has 0 bridgehead atoms. The second kappa shape index (κ2) is 6.43. The number of carbonyl (C=O) groups excluding carboxylic acids is 1. The van der Waals surface area contributed by atoms with Crippen LogP contribution in [0.4, 0.5) is 0 Å². The molecule has 1 aromatic rings. The highest BCUT2D eigenvalue weighted by Crippen LogP contribution is 2.23. The third-order valence-corrected chi connectivity index (χ3v) is 2.91. The van der Waals surface area contributed by atoms with Crippen LogP contribution in [0.1, 0.15) is 44.2 Å². The van der Waals surface area contributed by atoms with Crippen LogP contribution in [-0.4, -0.2) is 10.9 Å².